The van der Waals surface area contributed by atoms with Crippen LogP contribution >= 0.6 is 11.3 Å². The summed E-state index contributed by atoms with van der Waals surface area (Å²) in [4.78, 5) is 26.2. The van der Waals surface area contributed by atoms with E-state index >= 15 is 0 Å². The zero-order chi connectivity index (χ0) is 14.7. The molecule has 0 bridgehead atoms. The van der Waals surface area contributed by atoms with Gasteiger partial charge in [-0.1, -0.05) is 13.8 Å². The van der Waals surface area contributed by atoms with E-state index in [-0.39, 0.29) is 5.91 Å². The molecule has 1 N–H and O–H groups in total. The SMILES string of the molecule is CC(C)C1CCN(C(=O)c2ccc(/C=C/C(=O)O)s2)C1. The van der Waals surface area contributed by atoms with Crippen molar-refractivity contribution in [2.24, 2.45) is 11.8 Å². The van der Waals surface area contributed by atoms with Crippen LogP contribution < -0.4 is 0 Å². The van der Waals surface area contributed by atoms with Gasteiger partial charge in [-0.15, -0.1) is 11.3 Å². The lowest BCUT2D eigenvalue weighted by Crippen LogP contribution is -2.28. The summed E-state index contributed by atoms with van der Waals surface area (Å²) in [6.07, 6.45) is 3.68. The maximum atomic E-state index is 12.4. The number of carbonyl (C=O) groups is 2. The average molecular weight is 293 g/mol. The van der Waals surface area contributed by atoms with Crippen molar-refractivity contribution in [3.63, 3.8) is 0 Å². The number of aliphatic carboxylic acids is 1. The molecule has 2 heterocycles. The number of amides is 1. The van der Waals surface area contributed by atoms with Gasteiger partial charge in [0.15, 0.2) is 0 Å². The Kier molecular flexibility index (Phi) is 4.60. The van der Waals surface area contributed by atoms with Gasteiger partial charge in [-0.3, -0.25) is 4.79 Å². The fourth-order valence-electron chi connectivity index (χ4n) is 2.38. The summed E-state index contributed by atoms with van der Waals surface area (Å²) in [7, 11) is 0. The molecule has 1 fully saturated rings. The maximum absolute atomic E-state index is 12.4. The van der Waals surface area contributed by atoms with Gasteiger partial charge in [0.1, 0.15) is 0 Å². The predicted molar refractivity (Wildman–Crippen MR) is 79.8 cm³/mol. The van der Waals surface area contributed by atoms with Crippen LogP contribution in [-0.2, 0) is 4.79 Å². The Morgan fingerprint density at radius 3 is 2.80 bits per heavy atom. The summed E-state index contributed by atoms with van der Waals surface area (Å²) in [5.74, 6) is 0.272. The molecule has 1 aromatic rings. The van der Waals surface area contributed by atoms with E-state index in [4.69, 9.17) is 5.11 Å². The molecular weight excluding hydrogens is 274 g/mol. The Morgan fingerprint density at radius 1 is 1.45 bits per heavy atom. The van der Waals surface area contributed by atoms with Gasteiger partial charge >= 0.3 is 5.97 Å². The van der Waals surface area contributed by atoms with Crippen LogP contribution in [0.2, 0.25) is 0 Å². The molecule has 1 aliphatic heterocycles. The van der Waals surface area contributed by atoms with Gasteiger partial charge in [0.05, 0.1) is 4.88 Å². The number of thiophene rings is 1. The summed E-state index contributed by atoms with van der Waals surface area (Å²) < 4.78 is 0. The molecule has 4 nitrogen and oxygen atoms in total. The average Bonchev–Trinajstić information content (AvgIpc) is 3.05. The predicted octanol–water partition coefficient (Wildman–Crippen LogP) is 2.96. The summed E-state index contributed by atoms with van der Waals surface area (Å²) in [5, 5.41) is 8.59. The summed E-state index contributed by atoms with van der Waals surface area (Å²) in [6, 6.07) is 3.56. The van der Waals surface area contributed by atoms with Crippen molar-refractivity contribution in [3.05, 3.63) is 28.0 Å². The second kappa shape index (κ2) is 6.22. The van der Waals surface area contributed by atoms with Crippen LogP contribution in [0.1, 0.15) is 34.8 Å². The van der Waals surface area contributed by atoms with Crippen LogP contribution in [0.15, 0.2) is 18.2 Å². The smallest absolute Gasteiger partial charge is 0.328 e. The molecule has 5 heteroatoms. The second-order valence-corrected chi connectivity index (χ2v) is 6.53. The molecule has 1 aliphatic rings. The van der Waals surface area contributed by atoms with Gasteiger partial charge in [0.2, 0.25) is 0 Å². The molecule has 0 radical (unpaired) electrons. The molecule has 108 valence electrons. The maximum Gasteiger partial charge on any atom is 0.328 e. The number of hydrogen-bond donors (Lipinski definition) is 1. The van der Waals surface area contributed by atoms with E-state index in [1.54, 1.807) is 12.1 Å². The Labute approximate surface area is 122 Å². The van der Waals surface area contributed by atoms with Crippen molar-refractivity contribution in [2.75, 3.05) is 13.1 Å². The minimum atomic E-state index is -0.981. The van der Waals surface area contributed by atoms with Crippen LogP contribution in [0, 0.1) is 11.8 Å². The summed E-state index contributed by atoms with van der Waals surface area (Å²) in [5.41, 5.74) is 0. The van der Waals surface area contributed by atoms with E-state index in [0.29, 0.717) is 16.7 Å². The highest BCUT2D eigenvalue weighted by Crippen LogP contribution is 2.27. The highest BCUT2D eigenvalue weighted by atomic mass is 32.1. The number of nitrogens with zero attached hydrogens (tertiary/aromatic N) is 1. The second-order valence-electron chi connectivity index (χ2n) is 5.42. The van der Waals surface area contributed by atoms with Crippen molar-refractivity contribution in [1.29, 1.82) is 0 Å². The van der Waals surface area contributed by atoms with Crippen molar-refractivity contribution < 1.29 is 14.7 Å². The topological polar surface area (TPSA) is 57.6 Å². The molecule has 0 aliphatic carbocycles. The molecular formula is C15H19NO3S. The molecule has 1 unspecified atom stereocenters. The third-order valence-electron chi connectivity index (χ3n) is 3.68. The van der Waals surface area contributed by atoms with Crippen LogP contribution in [0.4, 0.5) is 0 Å². The first-order valence-electron chi connectivity index (χ1n) is 6.77. The van der Waals surface area contributed by atoms with E-state index in [0.717, 1.165) is 30.5 Å². The van der Waals surface area contributed by atoms with Gasteiger partial charge in [-0.25, -0.2) is 4.79 Å². The number of carboxylic acid groups (broad SMARTS) is 1. The third kappa shape index (κ3) is 3.48. The van der Waals surface area contributed by atoms with E-state index in [1.807, 2.05) is 4.90 Å². The van der Waals surface area contributed by atoms with Gasteiger partial charge in [-0.05, 0) is 36.5 Å². The number of likely N-dealkylation sites (tertiary alicyclic amines) is 1. The van der Waals surface area contributed by atoms with E-state index < -0.39 is 5.97 Å². The molecule has 20 heavy (non-hydrogen) atoms. The number of carbonyl (C=O) groups excluding carboxylic acids is 1. The minimum absolute atomic E-state index is 0.0631. The first kappa shape index (κ1) is 14.8. The number of rotatable bonds is 4. The molecule has 1 atom stereocenters. The fourth-order valence-corrected chi connectivity index (χ4v) is 3.26. The quantitative estimate of drug-likeness (QED) is 0.868. The van der Waals surface area contributed by atoms with Gasteiger partial charge < -0.3 is 10.0 Å². The standard InChI is InChI=1S/C15H19NO3S/c1-10(2)11-7-8-16(9-11)15(19)13-5-3-12(20-13)4-6-14(17)18/h3-6,10-11H,7-9H2,1-2H3,(H,17,18)/b6-4+. The van der Waals surface area contributed by atoms with Crippen molar-refractivity contribution >= 4 is 29.3 Å². The molecule has 1 aromatic heterocycles. The van der Waals surface area contributed by atoms with Crippen molar-refractivity contribution in [3.8, 4) is 0 Å². The Hall–Kier alpha value is -1.62. The van der Waals surface area contributed by atoms with Crippen LogP contribution in [0.3, 0.4) is 0 Å². The monoisotopic (exact) mass is 293 g/mol. The van der Waals surface area contributed by atoms with Gasteiger partial charge in [-0.2, -0.15) is 0 Å². The molecule has 0 spiro atoms. The molecule has 0 aromatic carbocycles. The molecule has 0 saturated carbocycles. The van der Waals surface area contributed by atoms with E-state index in [9.17, 15) is 9.59 Å². The van der Waals surface area contributed by atoms with Crippen LogP contribution in [0.5, 0.6) is 0 Å². The Bertz CT molecular complexity index is 533. The van der Waals surface area contributed by atoms with E-state index in [1.165, 1.54) is 17.4 Å². The molecule has 1 saturated heterocycles. The van der Waals surface area contributed by atoms with Crippen molar-refractivity contribution in [1.82, 2.24) is 4.90 Å². The lowest BCUT2D eigenvalue weighted by atomic mass is 9.95. The first-order chi connectivity index (χ1) is 9.47. The zero-order valence-corrected chi connectivity index (χ0v) is 12.5. The fraction of sp³-hybridized carbons (Fsp3) is 0.467. The third-order valence-corrected chi connectivity index (χ3v) is 4.72. The molecule has 1 amide bonds. The van der Waals surface area contributed by atoms with Gasteiger partial charge in [0, 0.05) is 24.0 Å². The molecule has 2 rings (SSSR count). The minimum Gasteiger partial charge on any atom is -0.478 e. The summed E-state index contributed by atoms with van der Waals surface area (Å²) in [6.45, 7) is 6.03. The number of carboxylic acids is 1. The Morgan fingerprint density at radius 2 is 2.20 bits per heavy atom. The Balaban J connectivity index is 2.02. The highest BCUT2D eigenvalue weighted by molar-refractivity contribution is 7.14. The lowest BCUT2D eigenvalue weighted by Gasteiger charge is -2.17. The summed E-state index contributed by atoms with van der Waals surface area (Å²) >= 11 is 1.34. The largest absolute Gasteiger partial charge is 0.478 e. The van der Waals surface area contributed by atoms with Crippen LogP contribution in [-0.4, -0.2) is 35.0 Å². The van der Waals surface area contributed by atoms with Crippen molar-refractivity contribution in [2.45, 2.75) is 20.3 Å². The number of hydrogen-bond acceptors (Lipinski definition) is 3. The zero-order valence-electron chi connectivity index (χ0n) is 11.7. The first-order valence-corrected chi connectivity index (χ1v) is 7.59. The van der Waals surface area contributed by atoms with Gasteiger partial charge in [0.25, 0.3) is 5.91 Å². The van der Waals surface area contributed by atoms with E-state index in [2.05, 4.69) is 13.8 Å². The highest BCUT2D eigenvalue weighted by Gasteiger charge is 2.29. The lowest BCUT2D eigenvalue weighted by molar-refractivity contribution is -0.131. The van der Waals surface area contributed by atoms with Crippen LogP contribution in [0.25, 0.3) is 6.08 Å². The normalized spacial score (nSPS) is 19.1.